The van der Waals surface area contributed by atoms with E-state index < -0.39 is 0 Å². The van der Waals surface area contributed by atoms with E-state index in [0.717, 1.165) is 35.0 Å². The number of piperidine rings is 1. The maximum atomic E-state index is 12.7. The van der Waals surface area contributed by atoms with Gasteiger partial charge < -0.3 is 15.1 Å². The van der Waals surface area contributed by atoms with Crippen molar-refractivity contribution in [2.24, 2.45) is 0 Å². The van der Waals surface area contributed by atoms with Gasteiger partial charge >= 0.3 is 0 Å². The molecule has 1 aliphatic rings. The summed E-state index contributed by atoms with van der Waals surface area (Å²) >= 11 is 0. The monoisotopic (exact) mass is 500 g/mol. The molecular weight excluding hydrogens is 476 g/mol. The second-order valence-electron chi connectivity index (χ2n) is 8.74. The Morgan fingerprint density at radius 1 is 0.972 bits per heavy atom. The van der Waals surface area contributed by atoms with E-state index in [1.807, 2.05) is 82.6 Å². The fourth-order valence-corrected chi connectivity index (χ4v) is 4.58. The predicted octanol–water partition coefficient (Wildman–Crippen LogP) is 5.23. The molecule has 5 aromatic rings. The Morgan fingerprint density at radius 3 is 2.50 bits per heavy atom. The molecule has 4 heterocycles. The summed E-state index contributed by atoms with van der Waals surface area (Å²) in [4.78, 5) is 23.6. The number of para-hydroxylation sites is 2. The topological polar surface area (TPSA) is 103 Å². The van der Waals surface area contributed by atoms with Gasteiger partial charge in [0.05, 0.1) is 17.8 Å². The van der Waals surface area contributed by atoms with Gasteiger partial charge in [0, 0.05) is 42.2 Å². The highest BCUT2D eigenvalue weighted by Gasteiger charge is 2.25. The molecule has 2 aromatic carbocycles. The third kappa shape index (κ3) is 4.43. The average molecular weight is 501 g/mol. The zero-order valence-electron chi connectivity index (χ0n) is 19.4. The van der Waals surface area contributed by atoms with Crippen LogP contribution in [0.1, 0.15) is 29.2 Å². The van der Waals surface area contributed by atoms with Crippen LogP contribution >= 0.6 is 12.4 Å². The Balaban J connectivity index is 0.00000267. The number of anilines is 1. The molecular formula is C27H25ClN6O2. The lowest BCUT2D eigenvalue weighted by molar-refractivity contribution is 0.0690. The van der Waals surface area contributed by atoms with Gasteiger partial charge in [0.15, 0.2) is 5.58 Å². The molecule has 6 rings (SSSR count). The molecule has 1 fully saturated rings. The smallest absolute Gasteiger partial charge is 0.253 e. The first-order chi connectivity index (χ1) is 17.2. The largest absolute Gasteiger partial charge is 0.436 e. The Morgan fingerprint density at radius 2 is 1.72 bits per heavy atom. The van der Waals surface area contributed by atoms with Gasteiger partial charge in [0.2, 0.25) is 5.89 Å². The molecule has 0 radical (unpaired) electrons. The number of aromatic nitrogens is 4. The number of nitrogens with two attached hydrogens (primary N) is 1. The number of amides is 1. The third-order valence-electron chi connectivity index (χ3n) is 6.52. The molecule has 8 nitrogen and oxygen atoms in total. The summed E-state index contributed by atoms with van der Waals surface area (Å²) in [5.41, 5.74) is 10.9. The van der Waals surface area contributed by atoms with Gasteiger partial charge in [-0.1, -0.05) is 30.3 Å². The van der Waals surface area contributed by atoms with Crippen molar-refractivity contribution < 1.29 is 9.21 Å². The molecule has 0 atom stereocenters. The predicted molar refractivity (Wildman–Crippen MR) is 141 cm³/mol. The number of likely N-dealkylation sites (tertiary alicyclic amines) is 1. The average Bonchev–Trinajstić information content (AvgIpc) is 3.57. The number of carbonyl (C=O) groups excluding carboxylic acids is 1. The molecule has 182 valence electrons. The molecule has 1 amide bonds. The van der Waals surface area contributed by atoms with E-state index in [1.54, 1.807) is 6.20 Å². The van der Waals surface area contributed by atoms with Crippen LogP contribution in [-0.4, -0.2) is 43.6 Å². The zero-order chi connectivity index (χ0) is 23.8. The van der Waals surface area contributed by atoms with E-state index in [0.29, 0.717) is 35.9 Å². The summed E-state index contributed by atoms with van der Waals surface area (Å²) in [5, 5.41) is 4.62. The van der Waals surface area contributed by atoms with Crippen molar-refractivity contribution in [1.29, 1.82) is 0 Å². The lowest BCUT2D eigenvalue weighted by Gasteiger charge is -2.32. The van der Waals surface area contributed by atoms with Crippen LogP contribution in [0.5, 0.6) is 0 Å². The van der Waals surface area contributed by atoms with Gasteiger partial charge in [-0.3, -0.25) is 9.48 Å². The fraction of sp³-hybridized carbons (Fsp3) is 0.185. The summed E-state index contributed by atoms with van der Waals surface area (Å²) in [5.74, 6) is 0.897. The number of pyridine rings is 1. The maximum Gasteiger partial charge on any atom is 0.253 e. The van der Waals surface area contributed by atoms with Crippen molar-refractivity contribution >= 4 is 35.2 Å². The normalized spacial score (nSPS) is 14.1. The van der Waals surface area contributed by atoms with Crippen LogP contribution in [0, 0.1) is 0 Å². The van der Waals surface area contributed by atoms with E-state index in [9.17, 15) is 4.79 Å². The highest BCUT2D eigenvalue weighted by molar-refractivity contribution is 5.94. The molecule has 0 bridgehead atoms. The second-order valence-corrected chi connectivity index (χ2v) is 8.74. The van der Waals surface area contributed by atoms with Gasteiger partial charge in [-0.2, -0.15) is 5.10 Å². The molecule has 36 heavy (non-hydrogen) atoms. The molecule has 0 aliphatic carbocycles. The van der Waals surface area contributed by atoms with Gasteiger partial charge in [-0.25, -0.2) is 9.97 Å². The second kappa shape index (κ2) is 9.83. The van der Waals surface area contributed by atoms with Gasteiger partial charge in [-0.05, 0) is 43.2 Å². The van der Waals surface area contributed by atoms with Crippen molar-refractivity contribution in [3.8, 4) is 22.6 Å². The van der Waals surface area contributed by atoms with Crippen LogP contribution < -0.4 is 5.73 Å². The van der Waals surface area contributed by atoms with Crippen LogP contribution in [0.4, 0.5) is 5.82 Å². The number of oxazole rings is 1. The first-order valence-electron chi connectivity index (χ1n) is 11.7. The van der Waals surface area contributed by atoms with E-state index in [-0.39, 0.29) is 24.4 Å². The molecule has 0 spiro atoms. The first kappa shape index (κ1) is 23.6. The molecule has 0 saturated carbocycles. The van der Waals surface area contributed by atoms with E-state index in [2.05, 4.69) is 15.1 Å². The SMILES string of the molecule is Cl.Nc1ncc(-c2cnn(C3CCN(C(=O)c4ccccc4)CC3)c2)cc1-c1nc2ccccc2o1. The van der Waals surface area contributed by atoms with Crippen molar-refractivity contribution in [2.75, 3.05) is 18.8 Å². The van der Waals surface area contributed by atoms with Crippen LogP contribution in [0.3, 0.4) is 0 Å². The molecule has 1 saturated heterocycles. The maximum absolute atomic E-state index is 12.7. The third-order valence-corrected chi connectivity index (χ3v) is 6.52. The van der Waals surface area contributed by atoms with Crippen LogP contribution in [0.2, 0.25) is 0 Å². The van der Waals surface area contributed by atoms with Gasteiger partial charge in [0.1, 0.15) is 11.3 Å². The number of nitrogen functional groups attached to an aromatic ring is 1. The molecule has 1 aliphatic heterocycles. The minimum absolute atomic E-state index is 0. The molecule has 0 unspecified atom stereocenters. The number of carbonyl (C=O) groups is 1. The van der Waals surface area contributed by atoms with Crippen LogP contribution in [0.15, 0.2) is 83.7 Å². The number of nitrogens with zero attached hydrogens (tertiary/aromatic N) is 5. The number of hydrogen-bond donors (Lipinski definition) is 1. The number of rotatable bonds is 4. The molecule has 9 heteroatoms. The Kier molecular flexibility index (Phi) is 6.43. The van der Waals surface area contributed by atoms with Crippen molar-refractivity contribution in [3.63, 3.8) is 0 Å². The summed E-state index contributed by atoms with van der Waals surface area (Å²) in [6.07, 6.45) is 7.32. The minimum Gasteiger partial charge on any atom is -0.436 e. The highest BCUT2D eigenvalue weighted by Crippen LogP contribution is 2.32. The van der Waals surface area contributed by atoms with E-state index in [1.165, 1.54) is 0 Å². The van der Waals surface area contributed by atoms with Gasteiger partial charge in [-0.15, -0.1) is 12.4 Å². The highest BCUT2D eigenvalue weighted by atomic mass is 35.5. The van der Waals surface area contributed by atoms with E-state index >= 15 is 0 Å². The van der Waals surface area contributed by atoms with Crippen LogP contribution in [0.25, 0.3) is 33.7 Å². The number of fused-ring (bicyclic) bond motifs is 1. The summed E-state index contributed by atoms with van der Waals surface area (Å²) in [6.45, 7) is 1.41. The zero-order valence-corrected chi connectivity index (χ0v) is 20.3. The Labute approximate surface area is 214 Å². The molecule has 3 aromatic heterocycles. The van der Waals surface area contributed by atoms with Crippen molar-refractivity contribution in [3.05, 3.63) is 84.8 Å². The number of halogens is 1. The fourth-order valence-electron chi connectivity index (χ4n) is 4.58. The summed E-state index contributed by atoms with van der Waals surface area (Å²) in [7, 11) is 0. The van der Waals surface area contributed by atoms with Gasteiger partial charge in [0.25, 0.3) is 5.91 Å². The first-order valence-corrected chi connectivity index (χ1v) is 11.7. The van der Waals surface area contributed by atoms with Crippen molar-refractivity contribution in [1.82, 2.24) is 24.6 Å². The Bertz CT molecular complexity index is 1470. The lowest BCUT2D eigenvalue weighted by Crippen LogP contribution is -2.39. The quantitative estimate of drug-likeness (QED) is 0.362. The molecule has 2 N–H and O–H groups in total. The summed E-state index contributed by atoms with van der Waals surface area (Å²) in [6, 6.07) is 19.2. The number of hydrogen-bond acceptors (Lipinski definition) is 6. The summed E-state index contributed by atoms with van der Waals surface area (Å²) < 4.78 is 7.90. The van der Waals surface area contributed by atoms with Crippen LogP contribution in [-0.2, 0) is 0 Å². The Hall–Kier alpha value is -4.17. The standard InChI is InChI=1S/C27H24N6O2.ClH/c28-25-22(26-31-23-8-4-5-9-24(23)35-26)14-19(15-29-25)20-16-30-33(17-20)21-10-12-32(13-11-21)27(34)18-6-2-1-3-7-18;/h1-9,14-17,21H,10-13H2,(H2,28,29);1H. The minimum atomic E-state index is 0. The number of benzene rings is 2. The van der Waals surface area contributed by atoms with Crippen molar-refractivity contribution in [2.45, 2.75) is 18.9 Å². The lowest BCUT2D eigenvalue weighted by atomic mass is 10.0. The van der Waals surface area contributed by atoms with E-state index in [4.69, 9.17) is 10.2 Å².